The molecule has 0 unspecified atom stereocenters. The van der Waals surface area contributed by atoms with Crippen LogP contribution >= 0.6 is 0 Å². The van der Waals surface area contributed by atoms with Gasteiger partial charge >= 0.3 is 0 Å². The highest BCUT2D eigenvalue weighted by atomic mass is 14.3. The van der Waals surface area contributed by atoms with Crippen molar-refractivity contribution >= 4 is 17.9 Å². The van der Waals surface area contributed by atoms with Gasteiger partial charge in [-0.1, -0.05) is 60.7 Å². The molecule has 0 amide bonds. The van der Waals surface area contributed by atoms with Crippen LogP contribution in [0.2, 0.25) is 0 Å². The minimum Gasteiger partial charge on any atom is -0.308 e. The van der Waals surface area contributed by atoms with Crippen molar-refractivity contribution in [1.82, 2.24) is 0 Å². The molecule has 4 rings (SSSR count). The Bertz CT molecular complexity index is 1060. The van der Waals surface area contributed by atoms with Gasteiger partial charge in [0.2, 0.25) is 0 Å². The van der Waals surface area contributed by atoms with Crippen LogP contribution in [0.3, 0.4) is 0 Å². The first-order valence-electron chi connectivity index (χ1n) is 8.77. The van der Waals surface area contributed by atoms with E-state index < -0.39 is 0 Å². The van der Waals surface area contributed by atoms with Crippen LogP contribution in [0.25, 0.3) is 33.9 Å². The number of rotatable bonds is 3. The van der Waals surface area contributed by atoms with E-state index >= 15 is 0 Å². The fraction of sp³-hybridized carbons (Fsp3) is 0.125. The molecule has 1 heteroatoms. The molecule has 0 fully saturated rings. The molecule has 0 heterocycles. The molecule has 0 aromatic heterocycles. The van der Waals surface area contributed by atoms with Crippen LogP contribution in [-0.2, 0) is 0 Å². The van der Waals surface area contributed by atoms with Gasteiger partial charge in [0.15, 0.2) is 0 Å². The van der Waals surface area contributed by atoms with Gasteiger partial charge in [0.25, 0.3) is 0 Å². The van der Waals surface area contributed by atoms with E-state index in [4.69, 9.17) is 5.41 Å². The predicted octanol–water partition coefficient (Wildman–Crippen LogP) is 4.70. The van der Waals surface area contributed by atoms with E-state index in [1.54, 1.807) is 0 Å². The van der Waals surface area contributed by atoms with Crippen LogP contribution in [0.5, 0.6) is 0 Å². The Morgan fingerprint density at radius 3 is 2.36 bits per heavy atom. The van der Waals surface area contributed by atoms with E-state index in [0.717, 1.165) is 18.4 Å². The Morgan fingerprint density at radius 1 is 0.840 bits per heavy atom. The molecule has 0 aliphatic heterocycles. The predicted molar refractivity (Wildman–Crippen MR) is 107 cm³/mol. The summed E-state index contributed by atoms with van der Waals surface area (Å²) in [7, 11) is 0. The van der Waals surface area contributed by atoms with Gasteiger partial charge in [-0.15, -0.1) is 0 Å². The SMILES string of the molecule is Cc1ccccc1-c1cc(-c2ccccc2)cc2c1=C(C=N)CCC=2. The lowest BCUT2D eigenvalue weighted by Gasteiger charge is -2.15. The van der Waals surface area contributed by atoms with Gasteiger partial charge in [-0.05, 0) is 75.7 Å². The third kappa shape index (κ3) is 2.83. The molecule has 0 bridgehead atoms. The molecular formula is C24H21N. The van der Waals surface area contributed by atoms with Gasteiger partial charge in [0, 0.05) is 6.21 Å². The van der Waals surface area contributed by atoms with Crippen LogP contribution in [0.4, 0.5) is 0 Å². The third-order valence-corrected chi connectivity index (χ3v) is 4.98. The zero-order valence-corrected chi connectivity index (χ0v) is 14.4. The fourth-order valence-corrected chi connectivity index (χ4v) is 3.72. The van der Waals surface area contributed by atoms with Crippen molar-refractivity contribution in [2.24, 2.45) is 0 Å². The minimum atomic E-state index is 0.945. The van der Waals surface area contributed by atoms with Crippen molar-refractivity contribution in [1.29, 1.82) is 5.41 Å². The Hall–Kier alpha value is -2.93. The molecule has 1 aliphatic carbocycles. The van der Waals surface area contributed by atoms with Gasteiger partial charge in [0.05, 0.1) is 0 Å². The highest BCUT2D eigenvalue weighted by Gasteiger charge is 2.12. The fourth-order valence-electron chi connectivity index (χ4n) is 3.72. The molecule has 1 N–H and O–H groups in total. The molecule has 0 saturated heterocycles. The number of hydrogen-bond acceptors (Lipinski definition) is 1. The molecule has 25 heavy (non-hydrogen) atoms. The standard InChI is InChI=1S/C24H21N/c1-17-8-5-6-13-22(17)23-15-21(18-9-3-2-4-10-18)14-19-11-7-12-20(16-25)24(19)23/h2-6,8-11,13-16,25H,7,12H2,1H3. The summed E-state index contributed by atoms with van der Waals surface area (Å²) in [4.78, 5) is 0. The molecule has 1 aliphatic rings. The summed E-state index contributed by atoms with van der Waals surface area (Å²) in [5.74, 6) is 0. The smallest absolute Gasteiger partial charge is 0.0216 e. The lowest BCUT2D eigenvalue weighted by atomic mass is 9.88. The largest absolute Gasteiger partial charge is 0.308 e. The average molecular weight is 323 g/mol. The van der Waals surface area contributed by atoms with Crippen molar-refractivity contribution in [3.8, 4) is 22.3 Å². The van der Waals surface area contributed by atoms with Gasteiger partial charge < -0.3 is 5.41 Å². The molecule has 1 nitrogen and oxygen atoms in total. The summed E-state index contributed by atoms with van der Waals surface area (Å²) in [6, 6.07) is 23.6. The Balaban J connectivity index is 2.12. The van der Waals surface area contributed by atoms with E-state index in [-0.39, 0.29) is 0 Å². The van der Waals surface area contributed by atoms with Crippen molar-refractivity contribution in [2.45, 2.75) is 19.8 Å². The first kappa shape index (κ1) is 15.6. The highest BCUT2D eigenvalue weighted by molar-refractivity contribution is 6.02. The Morgan fingerprint density at radius 2 is 1.60 bits per heavy atom. The lowest BCUT2D eigenvalue weighted by Crippen LogP contribution is -2.32. The van der Waals surface area contributed by atoms with Gasteiger partial charge in [-0.25, -0.2) is 0 Å². The maximum absolute atomic E-state index is 7.88. The number of benzene rings is 3. The van der Waals surface area contributed by atoms with Crippen molar-refractivity contribution in [3.63, 3.8) is 0 Å². The molecule has 0 radical (unpaired) electrons. The monoisotopic (exact) mass is 323 g/mol. The van der Waals surface area contributed by atoms with Crippen molar-refractivity contribution < 1.29 is 0 Å². The van der Waals surface area contributed by atoms with Gasteiger partial charge in [0.1, 0.15) is 0 Å². The second-order valence-electron chi connectivity index (χ2n) is 6.58. The Labute approximate surface area is 148 Å². The molecule has 122 valence electrons. The van der Waals surface area contributed by atoms with Crippen LogP contribution in [-0.4, -0.2) is 6.21 Å². The quantitative estimate of drug-likeness (QED) is 0.675. The van der Waals surface area contributed by atoms with Crippen LogP contribution < -0.4 is 10.4 Å². The van der Waals surface area contributed by atoms with Gasteiger partial charge in [-0.3, -0.25) is 0 Å². The minimum absolute atomic E-state index is 0.945. The average Bonchev–Trinajstić information content (AvgIpc) is 2.67. The molecule has 3 aromatic rings. The third-order valence-electron chi connectivity index (χ3n) is 4.98. The Kier molecular flexibility index (Phi) is 4.07. The first-order chi connectivity index (χ1) is 12.3. The summed E-state index contributed by atoms with van der Waals surface area (Å²) < 4.78 is 0. The van der Waals surface area contributed by atoms with E-state index in [0.29, 0.717) is 0 Å². The van der Waals surface area contributed by atoms with Crippen molar-refractivity contribution in [2.75, 3.05) is 0 Å². The number of aryl methyl sites for hydroxylation is 1. The van der Waals surface area contributed by atoms with Crippen molar-refractivity contribution in [3.05, 3.63) is 82.7 Å². The maximum atomic E-state index is 7.88. The molecule has 0 spiro atoms. The first-order valence-corrected chi connectivity index (χ1v) is 8.77. The van der Waals surface area contributed by atoms with E-state index in [1.807, 2.05) is 0 Å². The normalized spacial score (nSPS) is 13.1. The molecule has 3 aromatic carbocycles. The number of fused-ring (bicyclic) bond motifs is 1. The second-order valence-corrected chi connectivity index (χ2v) is 6.58. The summed E-state index contributed by atoms with van der Waals surface area (Å²) in [6.45, 7) is 2.16. The summed E-state index contributed by atoms with van der Waals surface area (Å²) in [6.07, 6.45) is 5.80. The summed E-state index contributed by atoms with van der Waals surface area (Å²) in [5, 5.41) is 10.4. The van der Waals surface area contributed by atoms with E-state index in [9.17, 15) is 0 Å². The maximum Gasteiger partial charge on any atom is 0.0216 e. The lowest BCUT2D eigenvalue weighted by molar-refractivity contribution is 1.10. The molecular weight excluding hydrogens is 302 g/mol. The van der Waals surface area contributed by atoms with Gasteiger partial charge in [-0.2, -0.15) is 0 Å². The van der Waals surface area contributed by atoms with Crippen LogP contribution in [0.1, 0.15) is 18.4 Å². The second kappa shape index (κ2) is 6.52. The summed E-state index contributed by atoms with van der Waals surface area (Å²) in [5.41, 5.74) is 7.37. The molecule has 0 saturated carbocycles. The zero-order valence-electron chi connectivity index (χ0n) is 14.4. The van der Waals surface area contributed by atoms with E-state index in [1.165, 1.54) is 44.5 Å². The van der Waals surface area contributed by atoms with Crippen LogP contribution in [0, 0.1) is 12.3 Å². The topological polar surface area (TPSA) is 23.9 Å². The number of nitrogens with one attached hydrogen (secondary N) is 1. The number of hydrogen-bond donors (Lipinski definition) is 1. The highest BCUT2D eigenvalue weighted by Crippen LogP contribution is 2.26. The van der Waals surface area contributed by atoms with Crippen LogP contribution in [0.15, 0.2) is 66.7 Å². The molecule has 0 atom stereocenters. The zero-order chi connectivity index (χ0) is 17.2. The van der Waals surface area contributed by atoms with E-state index in [2.05, 4.69) is 79.7 Å². The summed E-state index contributed by atoms with van der Waals surface area (Å²) >= 11 is 0.